The van der Waals surface area contributed by atoms with Crippen LogP contribution in [0.4, 0.5) is 0 Å². The fourth-order valence-corrected chi connectivity index (χ4v) is 3.27. The van der Waals surface area contributed by atoms with Crippen LogP contribution in [0.25, 0.3) is 0 Å². The van der Waals surface area contributed by atoms with E-state index in [-0.39, 0.29) is 11.4 Å². The Balaban J connectivity index is 2.06. The number of hydrogen-bond acceptors (Lipinski definition) is 3. The van der Waals surface area contributed by atoms with Gasteiger partial charge in [0.15, 0.2) is 0 Å². The summed E-state index contributed by atoms with van der Waals surface area (Å²) in [6, 6.07) is 8.30. The van der Waals surface area contributed by atoms with Gasteiger partial charge in [0, 0.05) is 4.47 Å². The van der Waals surface area contributed by atoms with Crippen LogP contribution in [-0.4, -0.2) is 25.7 Å². The van der Waals surface area contributed by atoms with Gasteiger partial charge in [0.25, 0.3) is 0 Å². The van der Waals surface area contributed by atoms with E-state index in [0.717, 1.165) is 43.2 Å². The number of piperidine rings is 1. The van der Waals surface area contributed by atoms with Crippen molar-refractivity contribution < 1.29 is 9.53 Å². The summed E-state index contributed by atoms with van der Waals surface area (Å²) in [4.78, 5) is 12.3. The van der Waals surface area contributed by atoms with E-state index in [1.165, 1.54) is 5.56 Å². The van der Waals surface area contributed by atoms with Gasteiger partial charge in [0.2, 0.25) is 0 Å². The summed E-state index contributed by atoms with van der Waals surface area (Å²) in [6.45, 7) is 4.14. The van der Waals surface area contributed by atoms with Gasteiger partial charge in [-0.25, -0.2) is 0 Å². The largest absolute Gasteiger partial charge is 0.466 e. The molecule has 0 spiro atoms. The van der Waals surface area contributed by atoms with E-state index in [1.54, 1.807) is 0 Å². The number of rotatable bonds is 5. The molecule has 1 fully saturated rings. The molecule has 0 unspecified atom stereocenters. The zero-order chi connectivity index (χ0) is 14.4. The lowest BCUT2D eigenvalue weighted by molar-refractivity contribution is -0.157. The Hall–Kier alpha value is -0.870. The van der Waals surface area contributed by atoms with Crippen molar-refractivity contribution in [3.63, 3.8) is 0 Å². The van der Waals surface area contributed by atoms with E-state index >= 15 is 0 Å². The van der Waals surface area contributed by atoms with Crippen LogP contribution in [0.5, 0.6) is 0 Å². The van der Waals surface area contributed by atoms with Gasteiger partial charge in [-0.1, -0.05) is 28.1 Å². The average Bonchev–Trinajstić information content (AvgIpc) is 2.46. The van der Waals surface area contributed by atoms with Crippen LogP contribution in [0.3, 0.4) is 0 Å². The molecule has 0 aromatic heterocycles. The maximum absolute atomic E-state index is 12.3. The maximum atomic E-state index is 12.3. The summed E-state index contributed by atoms with van der Waals surface area (Å²) >= 11 is 3.49. The Morgan fingerprint density at radius 3 is 2.80 bits per heavy atom. The van der Waals surface area contributed by atoms with Crippen molar-refractivity contribution in [2.75, 3.05) is 19.7 Å². The quantitative estimate of drug-likeness (QED) is 0.836. The van der Waals surface area contributed by atoms with E-state index in [2.05, 4.69) is 33.4 Å². The Morgan fingerprint density at radius 2 is 2.15 bits per heavy atom. The first-order valence-corrected chi connectivity index (χ1v) is 8.08. The molecule has 0 saturated carbocycles. The summed E-state index contributed by atoms with van der Waals surface area (Å²) in [5.74, 6) is -0.0171. The molecule has 1 saturated heterocycles. The number of benzene rings is 1. The molecule has 110 valence electrons. The van der Waals surface area contributed by atoms with Crippen LogP contribution in [0.1, 0.15) is 31.7 Å². The van der Waals surface area contributed by atoms with Crippen molar-refractivity contribution in [3.05, 3.63) is 34.3 Å². The first-order valence-electron chi connectivity index (χ1n) is 7.29. The molecule has 0 aliphatic carbocycles. The minimum Gasteiger partial charge on any atom is -0.466 e. The van der Waals surface area contributed by atoms with Crippen LogP contribution in [0, 0.1) is 5.41 Å². The number of halogens is 1. The smallest absolute Gasteiger partial charge is 0.312 e. The van der Waals surface area contributed by atoms with Crippen LogP contribution < -0.4 is 5.32 Å². The second kappa shape index (κ2) is 7.23. The zero-order valence-corrected chi connectivity index (χ0v) is 13.5. The van der Waals surface area contributed by atoms with Crippen molar-refractivity contribution in [3.8, 4) is 0 Å². The molecule has 0 amide bonds. The highest BCUT2D eigenvalue weighted by Crippen LogP contribution is 2.35. The lowest BCUT2D eigenvalue weighted by atomic mass is 9.74. The second-order valence-corrected chi connectivity index (χ2v) is 6.30. The molecule has 20 heavy (non-hydrogen) atoms. The first kappa shape index (κ1) is 15.5. The topological polar surface area (TPSA) is 38.3 Å². The van der Waals surface area contributed by atoms with Crippen LogP contribution in [-0.2, 0) is 16.0 Å². The molecule has 1 N–H and O–H groups in total. The Labute approximate surface area is 129 Å². The fraction of sp³-hybridized carbons (Fsp3) is 0.562. The van der Waals surface area contributed by atoms with E-state index in [1.807, 2.05) is 19.1 Å². The lowest BCUT2D eigenvalue weighted by Crippen LogP contribution is -2.43. The molecule has 1 heterocycles. The van der Waals surface area contributed by atoms with Crippen LogP contribution in [0.15, 0.2) is 28.7 Å². The van der Waals surface area contributed by atoms with Crippen molar-refractivity contribution in [2.45, 2.75) is 32.6 Å². The normalized spacial score (nSPS) is 17.7. The van der Waals surface area contributed by atoms with Gasteiger partial charge in [-0.3, -0.25) is 4.79 Å². The Kier molecular flexibility index (Phi) is 5.61. The fourth-order valence-electron chi connectivity index (χ4n) is 2.82. The summed E-state index contributed by atoms with van der Waals surface area (Å²) in [5, 5.41) is 3.33. The van der Waals surface area contributed by atoms with Gasteiger partial charge in [-0.05, 0) is 63.4 Å². The number of carbonyl (C=O) groups excluding carboxylic acids is 1. The molecular formula is C16H22BrNO2. The molecular weight excluding hydrogens is 318 g/mol. The van der Waals surface area contributed by atoms with Crippen molar-refractivity contribution >= 4 is 21.9 Å². The monoisotopic (exact) mass is 339 g/mol. The van der Waals surface area contributed by atoms with Crippen molar-refractivity contribution in [1.82, 2.24) is 5.32 Å². The SMILES string of the molecule is CCOC(=O)C1(CCc2cccc(Br)c2)CCNCC1. The third kappa shape index (κ3) is 3.83. The maximum Gasteiger partial charge on any atom is 0.312 e. The molecule has 3 nitrogen and oxygen atoms in total. The van der Waals surface area contributed by atoms with Crippen LogP contribution >= 0.6 is 15.9 Å². The Bertz CT molecular complexity index is 456. The predicted octanol–water partition coefficient (Wildman–Crippen LogP) is 3.31. The van der Waals surface area contributed by atoms with Gasteiger partial charge < -0.3 is 10.1 Å². The standard InChI is InChI=1S/C16H22BrNO2/c1-2-20-15(19)16(8-10-18-11-9-16)7-6-13-4-3-5-14(17)12-13/h3-5,12,18H,2,6-11H2,1H3. The van der Waals surface area contributed by atoms with Gasteiger partial charge in [0.05, 0.1) is 12.0 Å². The average molecular weight is 340 g/mol. The highest BCUT2D eigenvalue weighted by molar-refractivity contribution is 9.10. The number of ether oxygens (including phenoxy) is 1. The number of carbonyl (C=O) groups is 1. The van der Waals surface area contributed by atoms with Gasteiger partial charge >= 0.3 is 5.97 Å². The molecule has 2 rings (SSSR count). The van der Waals surface area contributed by atoms with E-state index in [0.29, 0.717) is 6.61 Å². The molecule has 0 bridgehead atoms. The second-order valence-electron chi connectivity index (χ2n) is 5.38. The highest BCUT2D eigenvalue weighted by atomic mass is 79.9. The van der Waals surface area contributed by atoms with Gasteiger partial charge in [0.1, 0.15) is 0 Å². The van der Waals surface area contributed by atoms with Crippen LogP contribution in [0.2, 0.25) is 0 Å². The minimum absolute atomic E-state index is 0.0171. The summed E-state index contributed by atoms with van der Waals surface area (Å²) < 4.78 is 6.41. The number of nitrogens with one attached hydrogen (secondary N) is 1. The van der Waals surface area contributed by atoms with Gasteiger partial charge in [-0.15, -0.1) is 0 Å². The number of hydrogen-bond donors (Lipinski definition) is 1. The molecule has 0 radical (unpaired) electrons. The number of esters is 1. The Morgan fingerprint density at radius 1 is 1.40 bits per heavy atom. The van der Waals surface area contributed by atoms with Gasteiger partial charge in [-0.2, -0.15) is 0 Å². The van der Waals surface area contributed by atoms with Crippen molar-refractivity contribution in [1.29, 1.82) is 0 Å². The lowest BCUT2D eigenvalue weighted by Gasteiger charge is -2.35. The summed E-state index contributed by atoms with van der Waals surface area (Å²) in [5.41, 5.74) is 0.963. The van der Waals surface area contributed by atoms with E-state index in [9.17, 15) is 4.79 Å². The highest BCUT2D eigenvalue weighted by Gasteiger charge is 2.40. The molecule has 1 aromatic rings. The first-order chi connectivity index (χ1) is 9.66. The minimum atomic E-state index is -0.302. The summed E-state index contributed by atoms with van der Waals surface area (Å²) in [7, 11) is 0. The molecule has 0 atom stereocenters. The third-order valence-corrected chi connectivity index (χ3v) is 4.54. The number of aryl methyl sites for hydroxylation is 1. The van der Waals surface area contributed by atoms with Crippen molar-refractivity contribution in [2.24, 2.45) is 5.41 Å². The summed E-state index contributed by atoms with van der Waals surface area (Å²) in [6.07, 6.45) is 3.53. The molecule has 1 aromatic carbocycles. The molecule has 1 aliphatic rings. The molecule has 4 heteroatoms. The van der Waals surface area contributed by atoms with E-state index in [4.69, 9.17) is 4.74 Å². The third-order valence-electron chi connectivity index (χ3n) is 4.05. The van der Waals surface area contributed by atoms with E-state index < -0.39 is 0 Å². The predicted molar refractivity (Wildman–Crippen MR) is 83.6 cm³/mol. The molecule has 1 aliphatic heterocycles. The zero-order valence-electron chi connectivity index (χ0n) is 12.0.